The van der Waals surface area contributed by atoms with Crippen LogP contribution >= 0.6 is 11.6 Å². The summed E-state index contributed by atoms with van der Waals surface area (Å²) in [6, 6.07) is 11.4. The van der Waals surface area contributed by atoms with Gasteiger partial charge < -0.3 is 10.1 Å². The van der Waals surface area contributed by atoms with Gasteiger partial charge in [-0.3, -0.25) is 4.79 Å². The molecule has 1 amide bonds. The van der Waals surface area contributed by atoms with Crippen LogP contribution in [0, 0.1) is 6.92 Å². The lowest BCUT2D eigenvalue weighted by molar-refractivity contribution is -0.119. The lowest BCUT2D eigenvalue weighted by Crippen LogP contribution is -2.35. The molecule has 8 heteroatoms. The van der Waals surface area contributed by atoms with Gasteiger partial charge in [0.25, 0.3) is 0 Å². The van der Waals surface area contributed by atoms with Gasteiger partial charge in [0.05, 0.1) is 19.0 Å². The summed E-state index contributed by atoms with van der Waals surface area (Å²) in [5, 5.41) is 7.49. The van der Waals surface area contributed by atoms with Crippen LogP contribution < -0.4 is 15.7 Å². The molecule has 0 aliphatic rings. The maximum Gasteiger partial charge on any atom is 0.365 e. The smallest absolute Gasteiger partial charge is 0.365 e. The number of amides is 1. The van der Waals surface area contributed by atoms with Crippen LogP contribution in [0.5, 0.6) is 5.75 Å². The Morgan fingerprint density at radius 2 is 1.93 bits per heavy atom. The molecule has 3 rings (SSSR count). The van der Waals surface area contributed by atoms with Crippen molar-refractivity contribution in [2.24, 2.45) is 0 Å². The third-order valence-electron chi connectivity index (χ3n) is 4.29. The van der Waals surface area contributed by atoms with Crippen molar-refractivity contribution in [3.05, 3.63) is 69.7 Å². The van der Waals surface area contributed by atoms with Crippen LogP contribution in [0.2, 0.25) is 5.02 Å². The number of rotatable bonds is 5. The largest absolute Gasteiger partial charge is 0.497 e. The standard InChI is InChI=1S/C20H19ClN4O3/c1-12-10-15(21)6-9-17(12)23-19(26)13(2)25-20(27)24-18(11-22-25)14-4-7-16(28-3)8-5-14/h4-11,13H,1-3H3,(H,23,26)/t13-/m1/s1. The third-order valence-corrected chi connectivity index (χ3v) is 4.53. The zero-order chi connectivity index (χ0) is 20.3. The van der Waals surface area contributed by atoms with E-state index >= 15 is 0 Å². The van der Waals surface area contributed by atoms with Crippen molar-refractivity contribution in [1.29, 1.82) is 0 Å². The molecule has 0 radical (unpaired) electrons. The zero-order valence-electron chi connectivity index (χ0n) is 15.6. The number of aryl methyl sites for hydroxylation is 1. The van der Waals surface area contributed by atoms with Crippen LogP contribution in [0.3, 0.4) is 0 Å². The van der Waals surface area contributed by atoms with E-state index in [-0.39, 0.29) is 5.91 Å². The van der Waals surface area contributed by atoms with Crippen LogP contribution in [0.4, 0.5) is 5.69 Å². The van der Waals surface area contributed by atoms with Gasteiger partial charge in [-0.1, -0.05) is 11.6 Å². The lowest BCUT2D eigenvalue weighted by atomic mass is 10.1. The molecular formula is C20H19ClN4O3. The molecule has 0 fully saturated rings. The molecule has 0 bridgehead atoms. The van der Waals surface area contributed by atoms with Crippen molar-refractivity contribution in [1.82, 2.24) is 14.8 Å². The van der Waals surface area contributed by atoms with Crippen LogP contribution in [-0.4, -0.2) is 27.8 Å². The molecule has 3 aromatic rings. The van der Waals surface area contributed by atoms with Crippen molar-refractivity contribution in [3.63, 3.8) is 0 Å². The summed E-state index contributed by atoms with van der Waals surface area (Å²) < 4.78 is 6.16. The first-order valence-electron chi connectivity index (χ1n) is 8.56. The first-order valence-corrected chi connectivity index (χ1v) is 8.94. The maximum atomic E-state index is 12.5. The molecule has 144 valence electrons. The lowest BCUT2D eigenvalue weighted by Gasteiger charge is -2.15. The van der Waals surface area contributed by atoms with Crippen LogP contribution in [-0.2, 0) is 4.79 Å². The Bertz CT molecular complexity index is 1060. The summed E-state index contributed by atoms with van der Waals surface area (Å²) in [5.41, 5.74) is 1.98. The Morgan fingerprint density at radius 3 is 2.54 bits per heavy atom. The Labute approximate surface area is 166 Å². The minimum absolute atomic E-state index is 0.376. The van der Waals surface area contributed by atoms with Crippen molar-refractivity contribution in [2.75, 3.05) is 12.4 Å². The summed E-state index contributed by atoms with van der Waals surface area (Å²) in [6.45, 7) is 3.42. The molecule has 0 spiro atoms. The van der Waals surface area contributed by atoms with Gasteiger partial charge >= 0.3 is 5.69 Å². The molecule has 1 aromatic heterocycles. The van der Waals surface area contributed by atoms with E-state index < -0.39 is 11.7 Å². The number of anilines is 1. The number of benzene rings is 2. The fourth-order valence-electron chi connectivity index (χ4n) is 2.63. The summed E-state index contributed by atoms with van der Waals surface area (Å²) in [7, 11) is 1.58. The maximum absolute atomic E-state index is 12.5. The Hall–Kier alpha value is -3.19. The van der Waals surface area contributed by atoms with E-state index in [1.54, 1.807) is 56.5 Å². The number of hydrogen-bond acceptors (Lipinski definition) is 5. The predicted octanol–water partition coefficient (Wildman–Crippen LogP) is 3.48. The fourth-order valence-corrected chi connectivity index (χ4v) is 2.86. The Kier molecular flexibility index (Phi) is 5.75. The van der Waals surface area contributed by atoms with E-state index in [1.165, 1.54) is 6.20 Å². The van der Waals surface area contributed by atoms with Gasteiger partial charge in [-0.2, -0.15) is 10.1 Å². The molecule has 1 atom stereocenters. The summed E-state index contributed by atoms with van der Waals surface area (Å²) in [4.78, 5) is 29.0. The Morgan fingerprint density at radius 1 is 1.21 bits per heavy atom. The molecule has 2 aromatic carbocycles. The molecule has 0 saturated heterocycles. The van der Waals surface area contributed by atoms with E-state index in [0.29, 0.717) is 22.2 Å². The monoisotopic (exact) mass is 398 g/mol. The van der Waals surface area contributed by atoms with Gasteiger partial charge in [0.1, 0.15) is 11.8 Å². The Balaban J connectivity index is 1.80. The number of ether oxygens (including phenoxy) is 1. The van der Waals surface area contributed by atoms with Gasteiger partial charge in [-0.15, -0.1) is 0 Å². The average Bonchev–Trinajstić information content (AvgIpc) is 2.69. The fraction of sp³-hybridized carbons (Fsp3) is 0.200. The zero-order valence-corrected chi connectivity index (χ0v) is 16.4. The molecule has 0 unspecified atom stereocenters. The van der Waals surface area contributed by atoms with Gasteiger partial charge in [0.2, 0.25) is 5.91 Å². The van der Waals surface area contributed by atoms with E-state index in [9.17, 15) is 9.59 Å². The summed E-state index contributed by atoms with van der Waals surface area (Å²) in [6.07, 6.45) is 1.46. The molecule has 0 aliphatic carbocycles. The molecular weight excluding hydrogens is 380 g/mol. The van der Waals surface area contributed by atoms with Crippen LogP contribution in [0.25, 0.3) is 11.3 Å². The number of methoxy groups -OCH3 is 1. The summed E-state index contributed by atoms with van der Waals surface area (Å²) >= 11 is 5.93. The second kappa shape index (κ2) is 8.22. The molecule has 1 N–H and O–H groups in total. The van der Waals surface area contributed by atoms with Gasteiger partial charge in [-0.25, -0.2) is 9.48 Å². The normalized spacial score (nSPS) is 11.7. The molecule has 28 heavy (non-hydrogen) atoms. The second-order valence-corrected chi connectivity index (χ2v) is 6.66. The second-order valence-electron chi connectivity index (χ2n) is 6.22. The number of carbonyl (C=O) groups excluding carboxylic acids is 1. The number of nitrogens with one attached hydrogen (secondary N) is 1. The van der Waals surface area contributed by atoms with Crippen molar-refractivity contribution in [3.8, 4) is 17.0 Å². The van der Waals surface area contributed by atoms with Crippen LogP contribution in [0.15, 0.2) is 53.5 Å². The van der Waals surface area contributed by atoms with Gasteiger partial charge in [0, 0.05) is 16.3 Å². The third kappa shape index (κ3) is 4.20. The number of carbonyl (C=O) groups is 1. The number of hydrogen-bond donors (Lipinski definition) is 1. The minimum Gasteiger partial charge on any atom is -0.497 e. The highest BCUT2D eigenvalue weighted by molar-refractivity contribution is 6.30. The minimum atomic E-state index is -0.833. The van der Waals surface area contributed by atoms with Crippen molar-refractivity contribution in [2.45, 2.75) is 19.9 Å². The number of halogens is 1. The highest BCUT2D eigenvalue weighted by Gasteiger charge is 2.19. The first kappa shape index (κ1) is 19.6. The van der Waals surface area contributed by atoms with Gasteiger partial charge in [-0.05, 0) is 61.9 Å². The quantitative estimate of drug-likeness (QED) is 0.711. The number of aromatic nitrogens is 3. The SMILES string of the molecule is COc1ccc(-c2cnn([C@H](C)C(=O)Nc3ccc(Cl)cc3C)c(=O)n2)cc1. The predicted molar refractivity (Wildman–Crippen MR) is 108 cm³/mol. The van der Waals surface area contributed by atoms with Crippen molar-refractivity contribution >= 4 is 23.2 Å². The molecule has 1 heterocycles. The van der Waals surface area contributed by atoms with Gasteiger partial charge in [0.15, 0.2) is 0 Å². The number of nitrogens with zero attached hydrogens (tertiary/aromatic N) is 3. The molecule has 7 nitrogen and oxygen atoms in total. The summed E-state index contributed by atoms with van der Waals surface area (Å²) in [5.74, 6) is 0.326. The first-order chi connectivity index (χ1) is 13.4. The van der Waals surface area contributed by atoms with E-state index in [2.05, 4.69) is 15.4 Å². The van der Waals surface area contributed by atoms with E-state index in [4.69, 9.17) is 16.3 Å². The molecule has 0 saturated carbocycles. The average molecular weight is 399 g/mol. The van der Waals surface area contributed by atoms with Crippen LogP contribution in [0.1, 0.15) is 18.5 Å². The highest BCUT2D eigenvalue weighted by Crippen LogP contribution is 2.21. The topological polar surface area (TPSA) is 86.1 Å². The highest BCUT2D eigenvalue weighted by atomic mass is 35.5. The van der Waals surface area contributed by atoms with E-state index in [1.807, 2.05) is 6.92 Å². The van der Waals surface area contributed by atoms with Crippen molar-refractivity contribution < 1.29 is 9.53 Å². The van der Waals surface area contributed by atoms with E-state index in [0.717, 1.165) is 15.8 Å². The molecule has 0 aliphatic heterocycles.